The van der Waals surface area contributed by atoms with E-state index in [1.54, 1.807) is 23.1 Å². The van der Waals surface area contributed by atoms with Crippen molar-refractivity contribution < 1.29 is 9.72 Å². The van der Waals surface area contributed by atoms with Crippen LogP contribution in [0.4, 0.5) is 5.69 Å². The summed E-state index contributed by atoms with van der Waals surface area (Å²) in [6.45, 7) is 3.41. The molecule has 0 aliphatic carbocycles. The third-order valence-corrected chi connectivity index (χ3v) is 5.18. The van der Waals surface area contributed by atoms with Crippen LogP contribution >= 0.6 is 0 Å². The van der Waals surface area contributed by atoms with Crippen molar-refractivity contribution in [1.29, 1.82) is 0 Å². The van der Waals surface area contributed by atoms with E-state index in [9.17, 15) is 19.7 Å². The second kappa shape index (κ2) is 7.46. The highest BCUT2D eigenvalue weighted by molar-refractivity contribution is 5.78. The number of nitro benzene ring substituents is 1. The normalized spacial score (nSPS) is 16.9. The van der Waals surface area contributed by atoms with Crippen LogP contribution in [-0.4, -0.2) is 48.2 Å². The van der Waals surface area contributed by atoms with Gasteiger partial charge < -0.3 is 4.90 Å². The predicted octanol–water partition coefficient (Wildman–Crippen LogP) is 1.75. The number of piperidine rings is 1. The van der Waals surface area contributed by atoms with E-state index < -0.39 is 10.5 Å². The second-order valence-electron chi connectivity index (χ2n) is 7.30. The number of rotatable bonds is 4. The van der Waals surface area contributed by atoms with Crippen molar-refractivity contribution >= 4 is 22.6 Å². The van der Waals surface area contributed by atoms with Gasteiger partial charge in [-0.05, 0) is 24.8 Å². The summed E-state index contributed by atoms with van der Waals surface area (Å²) in [6.07, 6.45) is 4.68. The molecule has 1 aliphatic rings. The number of amides is 1. The SMILES string of the molecule is CC1CCCN(C(=O)Cn2cnc3c(cnn3-c3ccccc3[N+](=O)[O-])c2=O)C1. The Morgan fingerprint density at radius 3 is 2.90 bits per heavy atom. The van der Waals surface area contributed by atoms with E-state index in [0.29, 0.717) is 19.0 Å². The van der Waals surface area contributed by atoms with E-state index in [2.05, 4.69) is 17.0 Å². The zero-order valence-electron chi connectivity index (χ0n) is 15.9. The van der Waals surface area contributed by atoms with E-state index in [1.165, 1.54) is 27.8 Å². The molecule has 10 heteroatoms. The topological polar surface area (TPSA) is 116 Å². The monoisotopic (exact) mass is 396 g/mol. The van der Waals surface area contributed by atoms with Crippen LogP contribution in [0.1, 0.15) is 19.8 Å². The van der Waals surface area contributed by atoms with Crippen LogP contribution in [-0.2, 0) is 11.3 Å². The Labute approximate surface area is 165 Å². The highest BCUT2D eigenvalue weighted by Gasteiger charge is 2.23. The zero-order valence-corrected chi connectivity index (χ0v) is 15.9. The summed E-state index contributed by atoms with van der Waals surface area (Å²) in [6, 6.07) is 6.11. The number of carbonyl (C=O) groups excluding carboxylic acids is 1. The molecule has 1 fully saturated rings. The van der Waals surface area contributed by atoms with Crippen LogP contribution in [0.2, 0.25) is 0 Å². The fourth-order valence-corrected chi connectivity index (χ4v) is 3.70. The van der Waals surface area contributed by atoms with Crippen LogP contribution in [0.25, 0.3) is 16.7 Å². The van der Waals surface area contributed by atoms with E-state index >= 15 is 0 Å². The van der Waals surface area contributed by atoms with Crippen LogP contribution in [0, 0.1) is 16.0 Å². The van der Waals surface area contributed by atoms with Gasteiger partial charge in [0, 0.05) is 19.2 Å². The van der Waals surface area contributed by atoms with E-state index in [-0.39, 0.29) is 34.9 Å². The van der Waals surface area contributed by atoms with Gasteiger partial charge in [-0.1, -0.05) is 19.1 Å². The van der Waals surface area contributed by atoms with Crippen molar-refractivity contribution in [2.24, 2.45) is 5.92 Å². The molecule has 4 rings (SSSR count). The molecule has 0 N–H and O–H groups in total. The van der Waals surface area contributed by atoms with Crippen LogP contribution < -0.4 is 5.56 Å². The van der Waals surface area contributed by atoms with Crippen LogP contribution in [0.15, 0.2) is 41.6 Å². The molecule has 0 radical (unpaired) electrons. The van der Waals surface area contributed by atoms with Crippen molar-refractivity contribution in [3.05, 3.63) is 57.3 Å². The van der Waals surface area contributed by atoms with E-state index in [4.69, 9.17) is 0 Å². The Hall–Kier alpha value is -3.56. The number of aromatic nitrogens is 4. The minimum atomic E-state index is -0.512. The average Bonchev–Trinajstić information content (AvgIpc) is 3.14. The summed E-state index contributed by atoms with van der Waals surface area (Å²) in [5.74, 6) is 0.329. The molecule has 1 aliphatic heterocycles. The lowest BCUT2D eigenvalue weighted by atomic mass is 10.0. The van der Waals surface area contributed by atoms with Crippen molar-refractivity contribution in [3.8, 4) is 5.69 Å². The molecule has 0 bridgehead atoms. The largest absolute Gasteiger partial charge is 0.341 e. The molecule has 1 atom stereocenters. The minimum Gasteiger partial charge on any atom is -0.341 e. The van der Waals surface area contributed by atoms with Gasteiger partial charge in [-0.15, -0.1) is 0 Å². The Morgan fingerprint density at radius 2 is 2.14 bits per heavy atom. The number of nitro groups is 1. The first kappa shape index (κ1) is 18.8. The average molecular weight is 396 g/mol. The molecule has 1 aromatic carbocycles. The number of hydrogen-bond donors (Lipinski definition) is 0. The maximum absolute atomic E-state index is 12.8. The third kappa shape index (κ3) is 3.48. The molecule has 0 spiro atoms. The fraction of sp³-hybridized carbons (Fsp3) is 0.368. The van der Waals surface area contributed by atoms with Crippen molar-refractivity contribution in [1.82, 2.24) is 24.2 Å². The van der Waals surface area contributed by atoms with Crippen molar-refractivity contribution in [3.63, 3.8) is 0 Å². The summed E-state index contributed by atoms with van der Waals surface area (Å²) in [5, 5.41) is 15.6. The lowest BCUT2D eigenvalue weighted by molar-refractivity contribution is -0.384. The standard InChI is InChI=1S/C19H20N6O4/c1-13-5-4-8-22(10-13)17(26)11-23-12-20-18-14(19(23)27)9-21-24(18)15-6-2-3-7-16(15)25(28)29/h2-3,6-7,9,12-13H,4-5,8,10-11H2,1H3. The maximum Gasteiger partial charge on any atom is 0.294 e. The van der Waals surface area contributed by atoms with Crippen LogP contribution in [0.3, 0.4) is 0 Å². The highest BCUT2D eigenvalue weighted by atomic mass is 16.6. The van der Waals surface area contributed by atoms with Gasteiger partial charge in [-0.3, -0.25) is 24.3 Å². The number of benzene rings is 1. The molecular formula is C19H20N6O4. The number of fused-ring (bicyclic) bond motifs is 1. The zero-order chi connectivity index (χ0) is 20.5. The Kier molecular flexibility index (Phi) is 4.83. The Morgan fingerprint density at radius 1 is 1.34 bits per heavy atom. The number of hydrogen-bond acceptors (Lipinski definition) is 6. The molecule has 0 saturated carbocycles. The number of para-hydroxylation sites is 2. The first-order valence-corrected chi connectivity index (χ1v) is 9.40. The summed E-state index contributed by atoms with van der Waals surface area (Å²) in [7, 11) is 0. The van der Waals surface area contributed by atoms with Gasteiger partial charge in [0.1, 0.15) is 23.9 Å². The minimum absolute atomic E-state index is 0.0921. The van der Waals surface area contributed by atoms with Gasteiger partial charge in [0.25, 0.3) is 11.2 Å². The highest BCUT2D eigenvalue weighted by Crippen LogP contribution is 2.24. The molecule has 150 valence electrons. The molecule has 1 unspecified atom stereocenters. The second-order valence-corrected chi connectivity index (χ2v) is 7.30. The third-order valence-electron chi connectivity index (χ3n) is 5.18. The van der Waals surface area contributed by atoms with Crippen molar-refractivity contribution in [2.45, 2.75) is 26.3 Å². The maximum atomic E-state index is 12.8. The molecule has 10 nitrogen and oxygen atoms in total. The molecule has 1 amide bonds. The Bertz CT molecular complexity index is 1150. The summed E-state index contributed by atoms with van der Waals surface area (Å²) in [5.41, 5.74) is -0.119. The first-order chi connectivity index (χ1) is 14.0. The van der Waals surface area contributed by atoms with Gasteiger partial charge in [0.2, 0.25) is 5.91 Å². The molecule has 3 heterocycles. The fourth-order valence-electron chi connectivity index (χ4n) is 3.70. The van der Waals surface area contributed by atoms with Crippen molar-refractivity contribution in [2.75, 3.05) is 13.1 Å². The first-order valence-electron chi connectivity index (χ1n) is 9.40. The summed E-state index contributed by atoms with van der Waals surface area (Å²) >= 11 is 0. The molecule has 2 aromatic heterocycles. The smallest absolute Gasteiger partial charge is 0.294 e. The number of likely N-dealkylation sites (tertiary alicyclic amines) is 1. The van der Waals surface area contributed by atoms with Crippen LogP contribution in [0.5, 0.6) is 0 Å². The molecular weight excluding hydrogens is 376 g/mol. The number of carbonyl (C=O) groups is 1. The van der Waals surface area contributed by atoms with E-state index in [0.717, 1.165) is 12.8 Å². The van der Waals surface area contributed by atoms with Gasteiger partial charge in [0.15, 0.2) is 5.65 Å². The van der Waals surface area contributed by atoms with E-state index in [1.807, 2.05) is 0 Å². The lowest BCUT2D eigenvalue weighted by Gasteiger charge is -2.31. The summed E-state index contributed by atoms with van der Waals surface area (Å²) < 4.78 is 2.53. The van der Waals surface area contributed by atoms with Gasteiger partial charge in [-0.2, -0.15) is 5.10 Å². The molecule has 1 saturated heterocycles. The Balaban J connectivity index is 1.67. The summed E-state index contributed by atoms with van der Waals surface area (Å²) in [4.78, 5) is 42.3. The van der Waals surface area contributed by atoms with Gasteiger partial charge in [-0.25, -0.2) is 9.67 Å². The molecule has 3 aromatic rings. The molecule has 29 heavy (non-hydrogen) atoms. The van der Waals surface area contributed by atoms with Gasteiger partial charge >= 0.3 is 0 Å². The quantitative estimate of drug-likeness (QED) is 0.490. The predicted molar refractivity (Wildman–Crippen MR) is 105 cm³/mol. The van der Waals surface area contributed by atoms with Gasteiger partial charge in [0.05, 0.1) is 11.1 Å². The number of nitrogens with zero attached hydrogens (tertiary/aromatic N) is 6. The lowest BCUT2D eigenvalue weighted by Crippen LogP contribution is -2.42.